The molecule has 1 amide bonds. The first-order chi connectivity index (χ1) is 9.29. The summed E-state index contributed by atoms with van der Waals surface area (Å²) in [5.74, 6) is 0.364. The van der Waals surface area contributed by atoms with Crippen molar-refractivity contribution in [2.75, 3.05) is 31.1 Å². The van der Waals surface area contributed by atoms with Crippen LogP contribution in [-0.2, 0) is 6.18 Å². The van der Waals surface area contributed by atoms with Gasteiger partial charge in [-0.05, 0) is 6.92 Å². The average molecular weight is 290 g/mol. The molecule has 0 aromatic carbocycles. The molecule has 0 aliphatic carbocycles. The Morgan fingerprint density at radius 1 is 1.30 bits per heavy atom. The van der Waals surface area contributed by atoms with Crippen molar-refractivity contribution < 1.29 is 23.1 Å². The lowest BCUT2D eigenvalue weighted by atomic mass is 10.3. The molecule has 2 heterocycles. The normalized spacial score (nSPS) is 16.4. The van der Waals surface area contributed by atoms with Gasteiger partial charge in [0.1, 0.15) is 5.82 Å². The molecule has 0 bridgehead atoms. The van der Waals surface area contributed by atoms with E-state index in [1.807, 2.05) is 0 Å². The van der Waals surface area contributed by atoms with Gasteiger partial charge in [0.25, 0.3) is 0 Å². The van der Waals surface area contributed by atoms with E-state index in [0.29, 0.717) is 25.1 Å². The maximum Gasteiger partial charge on any atom is 0.434 e. The third-order valence-electron chi connectivity index (χ3n) is 3.06. The molecule has 0 unspecified atom stereocenters. The number of piperazine rings is 1. The number of amides is 1. The van der Waals surface area contributed by atoms with Crippen LogP contribution in [0, 0.1) is 6.92 Å². The number of halogens is 3. The van der Waals surface area contributed by atoms with Crippen molar-refractivity contribution >= 4 is 11.9 Å². The van der Waals surface area contributed by atoms with Gasteiger partial charge in [-0.25, -0.2) is 14.8 Å². The lowest BCUT2D eigenvalue weighted by molar-refractivity contribution is -0.141. The van der Waals surface area contributed by atoms with Crippen LogP contribution in [0.3, 0.4) is 0 Å². The molecule has 6 nitrogen and oxygen atoms in total. The highest BCUT2D eigenvalue weighted by molar-refractivity contribution is 5.65. The van der Waals surface area contributed by atoms with E-state index in [1.54, 1.807) is 4.90 Å². The minimum absolute atomic E-state index is 0.184. The zero-order valence-corrected chi connectivity index (χ0v) is 10.7. The highest BCUT2D eigenvalue weighted by Gasteiger charge is 2.34. The van der Waals surface area contributed by atoms with Crippen LogP contribution in [-0.4, -0.2) is 52.2 Å². The molecule has 1 aliphatic rings. The molecule has 1 aliphatic heterocycles. The van der Waals surface area contributed by atoms with Gasteiger partial charge >= 0.3 is 12.3 Å². The molecular formula is C11H13F3N4O2. The van der Waals surface area contributed by atoms with E-state index in [0.717, 1.165) is 0 Å². The Balaban J connectivity index is 2.13. The summed E-state index contributed by atoms with van der Waals surface area (Å²) in [7, 11) is 0. The lowest BCUT2D eigenvalue weighted by Gasteiger charge is -2.34. The Bertz CT molecular complexity index is 513. The van der Waals surface area contributed by atoms with Gasteiger partial charge in [-0.15, -0.1) is 0 Å². The molecule has 110 valence electrons. The van der Waals surface area contributed by atoms with Crippen LogP contribution >= 0.6 is 0 Å². The van der Waals surface area contributed by atoms with E-state index in [2.05, 4.69) is 9.97 Å². The summed E-state index contributed by atoms with van der Waals surface area (Å²) in [5.41, 5.74) is -0.841. The second-order valence-electron chi connectivity index (χ2n) is 4.42. The molecule has 0 atom stereocenters. The van der Waals surface area contributed by atoms with Gasteiger partial charge in [0.15, 0.2) is 5.69 Å². The van der Waals surface area contributed by atoms with Crippen LogP contribution in [0.4, 0.5) is 23.8 Å². The summed E-state index contributed by atoms with van der Waals surface area (Å²) in [4.78, 5) is 21.1. The third kappa shape index (κ3) is 2.91. The quantitative estimate of drug-likeness (QED) is 0.851. The number of hydrogen-bond donors (Lipinski definition) is 1. The molecular weight excluding hydrogens is 277 g/mol. The SMILES string of the molecule is Cc1nc(C(F)(F)F)cnc1N1CCN(C(=O)O)CC1. The maximum atomic E-state index is 12.5. The lowest BCUT2D eigenvalue weighted by Crippen LogP contribution is -2.48. The van der Waals surface area contributed by atoms with Crippen molar-refractivity contribution in [1.82, 2.24) is 14.9 Å². The molecule has 1 N–H and O–H groups in total. The average Bonchev–Trinajstić information content (AvgIpc) is 2.37. The van der Waals surface area contributed by atoms with Crippen molar-refractivity contribution in [3.05, 3.63) is 17.6 Å². The summed E-state index contributed by atoms with van der Waals surface area (Å²) in [6.45, 7) is 2.80. The zero-order chi connectivity index (χ0) is 14.9. The number of aryl methyl sites for hydroxylation is 1. The summed E-state index contributed by atoms with van der Waals surface area (Å²) >= 11 is 0. The van der Waals surface area contributed by atoms with Crippen molar-refractivity contribution in [2.24, 2.45) is 0 Å². The van der Waals surface area contributed by atoms with Crippen molar-refractivity contribution in [3.63, 3.8) is 0 Å². The summed E-state index contributed by atoms with van der Waals surface area (Å²) in [5, 5.41) is 8.83. The summed E-state index contributed by atoms with van der Waals surface area (Å²) < 4.78 is 37.5. The van der Waals surface area contributed by atoms with Crippen LogP contribution in [0.1, 0.15) is 11.4 Å². The van der Waals surface area contributed by atoms with Gasteiger partial charge in [0, 0.05) is 26.2 Å². The summed E-state index contributed by atoms with van der Waals surface area (Å²) in [6, 6.07) is 0. The van der Waals surface area contributed by atoms with E-state index in [9.17, 15) is 18.0 Å². The second kappa shape index (κ2) is 5.14. The Morgan fingerprint density at radius 3 is 2.35 bits per heavy atom. The van der Waals surface area contributed by atoms with Crippen LogP contribution in [0.15, 0.2) is 6.20 Å². The molecule has 20 heavy (non-hydrogen) atoms. The highest BCUT2D eigenvalue weighted by Crippen LogP contribution is 2.28. The first-order valence-electron chi connectivity index (χ1n) is 5.92. The first-order valence-corrected chi connectivity index (χ1v) is 5.92. The Hall–Kier alpha value is -2.06. The molecule has 1 aromatic heterocycles. The fourth-order valence-electron chi connectivity index (χ4n) is 2.03. The Kier molecular flexibility index (Phi) is 3.69. The number of hydrogen-bond acceptors (Lipinski definition) is 4. The molecule has 2 rings (SSSR count). The molecule has 1 saturated heterocycles. The topological polar surface area (TPSA) is 69.6 Å². The van der Waals surface area contributed by atoms with Gasteiger partial charge in [0.05, 0.1) is 11.9 Å². The predicted molar refractivity (Wildman–Crippen MR) is 63.6 cm³/mol. The van der Waals surface area contributed by atoms with Crippen LogP contribution in [0.5, 0.6) is 0 Å². The number of nitrogens with zero attached hydrogens (tertiary/aromatic N) is 4. The van der Waals surface area contributed by atoms with Crippen LogP contribution in [0.25, 0.3) is 0 Å². The predicted octanol–water partition coefficient (Wildman–Crippen LogP) is 1.60. The standard InChI is InChI=1S/C11H13F3N4O2/c1-7-9(15-6-8(16-7)11(12,13)14)17-2-4-18(5-3-17)10(19)20/h6H,2-5H2,1H3,(H,19,20). The van der Waals surface area contributed by atoms with Gasteiger partial charge in [0.2, 0.25) is 0 Å². The van der Waals surface area contributed by atoms with E-state index in [4.69, 9.17) is 5.11 Å². The molecule has 1 aromatic rings. The minimum Gasteiger partial charge on any atom is -0.465 e. The van der Waals surface area contributed by atoms with Crippen molar-refractivity contribution in [2.45, 2.75) is 13.1 Å². The first kappa shape index (κ1) is 14.4. The Labute approximate surface area is 112 Å². The smallest absolute Gasteiger partial charge is 0.434 e. The van der Waals surface area contributed by atoms with Gasteiger partial charge in [-0.1, -0.05) is 0 Å². The van der Waals surface area contributed by atoms with E-state index >= 15 is 0 Å². The molecule has 1 fully saturated rings. The largest absolute Gasteiger partial charge is 0.465 e. The third-order valence-corrected chi connectivity index (χ3v) is 3.06. The minimum atomic E-state index is -4.52. The van der Waals surface area contributed by atoms with Gasteiger partial charge < -0.3 is 14.9 Å². The van der Waals surface area contributed by atoms with E-state index in [-0.39, 0.29) is 18.8 Å². The molecule has 0 radical (unpaired) electrons. The van der Waals surface area contributed by atoms with Gasteiger partial charge in [-0.2, -0.15) is 13.2 Å². The molecule has 0 spiro atoms. The van der Waals surface area contributed by atoms with Crippen LogP contribution in [0.2, 0.25) is 0 Å². The monoisotopic (exact) mass is 290 g/mol. The number of anilines is 1. The van der Waals surface area contributed by atoms with Gasteiger partial charge in [-0.3, -0.25) is 0 Å². The number of aromatic nitrogens is 2. The van der Waals surface area contributed by atoms with Crippen LogP contribution < -0.4 is 4.90 Å². The number of carboxylic acid groups (broad SMARTS) is 1. The fourth-order valence-corrected chi connectivity index (χ4v) is 2.03. The number of carbonyl (C=O) groups is 1. The molecule has 9 heteroatoms. The second-order valence-corrected chi connectivity index (χ2v) is 4.42. The highest BCUT2D eigenvalue weighted by atomic mass is 19.4. The summed E-state index contributed by atoms with van der Waals surface area (Å²) in [6.07, 6.45) is -4.82. The van der Waals surface area contributed by atoms with E-state index < -0.39 is 18.0 Å². The zero-order valence-electron chi connectivity index (χ0n) is 10.7. The number of alkyl halides is 3. The van der Waals surface area contributed by atoms with Crippen molar-refractivity contribution in [3.8, 4) is 0 Å². The maximum absolute atomic E-state index is 12.5. The number of rotatable bonds is 1. The fraction of sp³-hybridized carbons (Fsp3) is 0.545. The van der Waals surface area contributed by atoms with E-state index in [1.165, 1.54) is 11.8 Å². The van der Waals surface area contributed by atoms with Crippen molar-refractivity contribution in [1.29, 1.82) is 0 Å². The Morgan fingerprint density at radius 2 is 1.90 bits per heavy atom. The molecule has 0 saturated carbocycles.